The predicted molar refractivity (Wildman–Crippen MR) is 122 cm³/mol. The topological polar surface area (TPSA) is 19.4 Å². The van der Waals surface area contributed by atoms with Crippen LogP contribution in [-0.4, -0.2) is 31.2 Å². The van der Waals surface area contributed by atoms with Gasteiger partial charge in [0.15, 0.2) is 0 Å². The van der Waals surface area contributed by atoms with E-state index in [0.29, 0.717) is 0 Å². The first-order chi connectivity index (χ1) is 13.2. The van der Waals surface area contributed by atoms with Crippen LogP contribution in [0.1, 0.15) is 38.3 Å². The first kappa shape index (κ1) is 19.4. The van der Waals surface area contributed by atoms with Crippen molar-refractivity contribution in [1.29, 1.82) is 0 Å². The van der Waals surface area contributed by atoms with Gasteiger partial charge in [-0.3, -0.25) is 0 Å². The molecule has 0 aliphatic carbocycles. The van der Waals surface area contributed by atoms with Crippen molar-refractivity contribution >= 4 is 45.1 Å². The van der Waals surface area contributed by atoms with Crippen LogP contribution >= 0.6 is 11.3 Å². The third kappa shape index (κ3) is 4.51. The van der Waals surface area contributed by atoms with Gasteiger partial charge >= 0.3 is 0 Å². The highest BCUT2D eigenvalue weighted by Crippen LogP contribution is 2.28. The zero-order valence-corrected chi connectivity index (χ0v) is 17.6. The van der Waals surface area contributed by atoms with Crippen molar-refractivity contribution in [3.63, 3.8) is 0 Å². The molecule has 0 aliphatic heterocycles. The van der Waals surface area contributed by atoms with Gasteiger partial charge in [0.1, 0.15) is 5.01 Å². The molecule has 0 bridgehead atoms. The fourth-order valence-electron chi connectivity index (χ4n) is 3.34. The zero-order chi connectivity index (χ0) is 19.2. The van der Waals surface area contributed by atoms with Crippen molar-refractivity contribution in [3.8, 4) is 0 Å². The van der Waals surface area contributed by atoms with Crippen LogP contribution in [0.5, 0.6) is 0 Å². The van der Waals surface area contributed by atoms with E-state index >= 15 is 0 Å². The lowest BCUT2D eigenvalue weighted by Gasteiger charge is -2.20. The van der Waals surface area contributed by atoms with Gasteiger partial charge in [-0.15, -0.1) is 11.3 Å². The lowest BCUT2D eigenvalue weighted by Crippen LogP contribution is -2.21. The maximum absolute atomic E-state index is 4.81. The van der Waals surface area contributed by atoms with E-state index in [0.717, 1.165) is 36.7 Å². The van der Waals surface area contributed by atoms with Crippen molar-refractivity contribution in [1.82, 2.24) is 4.98 Å². The minimum absolute atomic E-state index is 1.02. The van der Waals surface area contributed by atoms with E-state index in [-0.39, 0.29) is 0 Å². The molecule has 142 valence electrons. The zero-order valence-electron chi connectivity index (χ0n) is 16.8. The Morgan fingerprint density at radius 3 is 2.00 bits per heavy atom. The van der Waals surface area contributed by atoms with Crippen LogP contribution in [0.25, 0.3) is 22.4 Å². The highest BCUT2D eigenvalue weighted by molar-refractivity contribution is 7.19. The van der Waals surface area contributed by atoms with E-state index in [1.807, 2.05) is 0 Å². The maximum Gasteiger partial charge on any atom is 0.117 e. The molecular weight excluding hydrogens is 350 g/mol. The minimum atomic E-state index is 1.02. The van der Waals surface area contributed by atoms with Crippen LogP contribution in [0.15, 0.2) is 42.5 Å². The number of fused-ring (bicyclic) bond motifs is 1. The number of nitrogens with zero attached hydrogens (tertiary/aromatic N) is 3. The third-order valence-corrected chi connectivity index (χ3v) is 5.96. The van der Waals surface area contributed by atoms with Gasteiger partial charge in [0.25, 0.3) is 0 Å². The van der Waals surface area contributed by atoms with E-state index in [9.17, 15) is 0 Å². The molecule has 0 saturated heterocycles. The number of hydrogen-bond donors (Lipinski definition) is 0. The van der Waals surface area contributed by atoms with E-state index in [1.165, 1.54) is 21.6 Å². The van der Waals surface area contributed by atoms with Gasteiger partial charge in [-0.1, -0.05) is 18.2 Å². The average molecular weight is 380 g/mol. The van der Waals surface area contributed by atoms with E-state index < -0.39 is 0 Å². The molecule has 2 aromatic carbocycles. The molecule has 3 aromatic rings. The first-order valence-corrected chi connectivity index (χ1v) is 10.7. The Morgan fingerprint density at radius 1 is 0.778 bits per heavy atom. The summed E-state index contributed by atoms with van der Waals surface area (Å²) in [6.07, 6.45) is 4.27. The summed E-state index contributed by atoms with van der Waals surface area (Å²) in [6, 6.07) is 15.3. The van der Waals surface area contributed by atoms with Gasteiger partial charge in [0.2, 0.25) is 0 Å². The van der Waals surface area contributed by atoms with Crippen LogP contribution in [0.4, 0.5) is 11.4 Å². The number of thiazole rings is 1. The summed E-state index contributed by atoms with van der Waals surface area (Å²) in [5.41, 5.74) is 4.82. The molecular formula is C23H29N3S. The molecule has 27 heavy (non-hydrogen) atoms. The molecule has 0 N–H and O–H groups in total. The normalized spacial score (nSPS) is 11.4. The van der Waals surface area contributed by atoms with Crippen molar-refractivity contribution in [2.24, 2.45) is 0 Å². The molecule has 1 aromatic heterocycles. The fraction of sp³-hybridized carbons (Fsp3) is 0.348. The number of benzene rings is 2. The standard InChI is InChI=1S/C23H29N3S/c1-5-25(6-2)19-12-9-18(10-13-19)11-16-23-24-21-17-20(26(7-3)8-4)14-15-22(21)27-23/h9-17H,5-8H2,1-4H3/b16-11+. The summed E-state index contributed by atoms with van der Waals surface area (Å²) in [6.45, 7) is 12.9. The fourth-order valence-corrected chi connectivity index (χ4v) is 4.19. The van der Waals surface area contributed by atoms with Gasteiger partial charge < -0.3 is 9.80 Å². The van der Waals surface area contributed by atoms with Crippen molar-refractivity contribution in [2.75, 3.05) is 36.0 Å². The SMILES string of the molecule is CCN(CC)c1ccc(/C=C/c2nc3cc(N(CC)CC)ccc3s2)cc1. The number of hydrogen-bond acceptors (Lipinski definition) is 4. The molecule has 0 fully saturated rings. The van der Waals surface area contributed by atoms with Gasteiger partial charge in [-0.05, 0) is 69.7 Å². The van der Waals surface area contributed by atoms with Crippen LogP contribution < -0.4 is 9.80 Å². The summed E-state index contributed by atoms with van der Waals surface area (Å²) in [5, 5.41) is 1.05. The minimum Gasteiger partial charge on any atom is -0.372 e. The van der Waals surface area contributed by atoms with Crippen LogP contribution in [0, 0.1) is 0 Å². The quantitative estimate of drug-likeness (QED) is 0.467. The second-order valence-electron chi connectivity index (χ2n) is 6.47. The number of anilines is 2. The van der Waals surface area contributed by atoms with Crippen LogP contribution in [0.3, 0.4) is 0 Å². The molecule has 3 nitrogen and oxygen atoms in total. The molecule has 0 aliphatic rings. The third-order valence-electron chi connectivity index (χ3n) is 4.96. The summed E-state index contributed by atoms with van der Waals surface area (Å²) in [4.78, 5) is 9.52. The molecule has 0 atom stereocenters. The lowest BCUT2D eigenvalue weighted by molar-refractivity contribution is 0.866. The Morgan fingerprint density at radius 2 is 1.37 bits per heavy atom. The molecule has 0 unspecified atom stereocenters. The van der Waals surface area contributed by atoms with Gasteiger partial charge in [0, 0.05) is 37.6 Å². The van der Waals surface area contributed by atoms with E-state index in [2.05, 4.69) is 92.1 Å². The summed E-state index contributed by atoms with van der Waals surface area (Å²) >= 11 is 1.74. The Hall–Kier alpha value is -2.33. The van der Waals surface area contributed by atoms with Gasteiger partial charge in [-0.25, -0.2) is 4.98 Å². The second-order valence-corrected chi connectivity index (χ2v) is 7.54. The summed E-state index contributed by atoms with van der Waals surface area (Å²) < 4.78 is 1.24. The number of rotatable bonds is 8. The van der Waals surface area contributed by atoms with Gasteiger partial charge in [0.05, 0.1) is 10.2 Å². The Bertz CT molecular complexity index is 888. The van der Waals surface area contributed by atoms with E-state index in [1.54, 1.807) is 11.3 Å². The molecule has 0 radical (unpaired) electrons. The second kappa shape index (κ2) is 9.05. The van der Waals surface area contributed by atoms with Crippen LogP contribution in [0.2, 0.25) is 0 Å². The predicted octanol–water partition coefficient (Wildman–Crippen LogP) is 6.16. The highest BCUT2D eigenvalue weighted by Gasteiger charge is 2.06. The Labute approximate surface area is 167 Å². The largest absolute Gasteiger partial charge is 0.372 e. The Balaban J connectivity index is 1.77. The van der Waals surface area contributed by atoms with E-state index in [4.69, 9.17) is 4.98 Å². The lowest BCUT2D eigenvalue weighted by atomic mass is 10.2. The molecule has 3 rings (SSSR count). The summed E-state index contributed by atoms with van der Waals surface area (Å²) in [7, 11) is 0. The molecule has 0 amide bonds. The monoisotopic (exact) mass is 379 g/mol. The smallest absolute Gasteiger partial charge is 0.117 e. The van der Waals surface area contributed by atoms with Crippen molar-refractivity contribution in [3.05, 3.63) is 53.0 Å². The highest BCUT2D eigenvalue weighted by atomic mass is 32.1. The molecule has 4 heteroatoms. The molecule has 1 heterocycles. The molecule has 0 saturated carbocycles. The van der Waals surface area contributed by atoms with Gasteiger partial charge in [-0.2, -0.15) is 0 Å². The first-order valence-electron chi connectivity index (χ1n) is 9.87. The van der Waals surface area contributed by atoms with Crippen LogP contribution in [-0.2, 0) is 0 Å². The average Bonchev–Trinajstić information content (AvgIpc) is 3.11. The van der Waals surface area contributed by atoms with Crippen molar-refractivity contribution < 1.29 is 0 Å². The Kier molecular flexibility index (Phi) is 6.51. The summed E-state index contributed by atoms with van der Waals surface area (Å²) in [5.74, 6) is 0. The number of aromatic nitrogens is 1. The maximum atomic E-state index is 4.81. The van der Waals surface area contributed by atoms with Crippen molar-refractivity contribution in [2.45, 2.75) is 27.7 Å². The molecule has 0 spiro atoms.